The molecular weight excluding hydrogens is 250 g/mol. The molecule has 2 heterocycles. The number of nitrogens with one attached hydrogen (secondary N) is 1. The maximum Gasteiger partial charge on any atom is 0.151 e. The van der Waals surface area contributed by atoms with Crippen LogP contribution in [0.15, 0.2) is 18.2 Å². The van der Waals surface area contributed by atoms with Crippen molar-refractivity contribution < 1.29 is 13.2 Å². The van der Waals surface area contributed by atoms with E-state index in [-0.39, 0.29) is 17.4 Å². The fourth-order valence-corrected chi connectivity index (χ4v) is 4.05. The molecule has 1 aromatic rings. The Morgan fingerprint density at radius 1 is 1.28 bits per heavy atom. The van der Waals surface area contributed by atoms with E-state index < -0.39 is 9.84 Å². The normalized spacial score (nSPS) is 22.0. The minimum Gasteiger partial charge on any atom is -0.493 e. The van der Waals surface area contributed by atoms with Crippen LogP contribution in [0.4, 0.5) is 0 Å². The van der Waals surface area contributed by atoms with E-state index >= 15 is 0 Å². The number of ether oxygens (including phenoxy) is 1. The average Bonchev–Trinajstić information content (AvgIpc) is 2.33. The molecule has 2 aliphatic heterocycles. The van der Waals surface area contributed by atoms with Crippen molar-refractivity contribution in [1.29, 1.82) is 0 Å². The van der Waals surface area contributed by atoms with Crippen LogP contribution in [0, 0.1) is 5.92 Å². The van der Waals surface area contributed by atoms with Crippen molar-refractivity contribution in [3.8, 4) is 5.75 Å². The van der Waals surface area contributed by atoms with Crippen LogP contribution in [0.3, 0.4) is 0 Å². The summed E-state index contributed by atoms with van der Waals surface area (Å²) in [5.41, 5.74) is 2.67. The number of rotatable bonds is 3. The lowest BCUT2D eigenvalue weighted by Crippen LogP contribution is -2.39. The number of hydrogen-bond acceptors (Lipinski definition) is 4. The minimum absolute atomic E-state index is 0.174. The molecule has 0 radical (unpaired) electrons. The molecule has 0 saturated carbocycles. The molecule has 18 heavy (non-hydrogen) atoms. The zero-order chi connectivity index (χ0) is 12.6. The van der Waals surface area contributed by atoms with Gasteiger partial charge in [-0.3, -0.25) is 0 Å². The predicted molar refractivity (Wildman–Crippen MR) is 69.5 cm³/mol. The zero-order valence-corrected chi connectivity index (χ0v) is 11.0. The molecule has 4 nitrogen and oxygen atoms in total. The first-order valence-electron chi connectivity index (χ1n) is 6.28. The number of benzene rings is 1. The van der Waals surface area contributed by atoms with Crippen LogP contribution in [0.25, 0.3) is 0 Å². The summed E-state index contributed by atoms with van der Waals surface area (Å²) < 4.78 is 27.8. The number of sulfone groups is 1. The number of hydrogen-bond donors (Lipinski definition) is 1. The second-order valence-corrected chi connectivity index (χ2v) is 7.27. The van der Waals surface area contributed by atoms with Crippen LogP contribution in [0.1, 0.15) is 11.1 Å². The smallest absolute Gasteiger partial charge is 0.151 e. The summed E-state index contributed by atoms with van der Waals surface area (Å²) in [7, 11) is -2.74. The van der Waals surface area contributed by atoms with Gasteiger partial charge in [0.2, 0.25) is 0 Å². The molecule has 1 saturated heterocycles. The Kier molecular flexibility index (Phi) is 3.03. The maximum atomic E-state index is 11.0. The molecule has 1 aromatic carbocycles. The third-order valence-electron chi connectivity index (χ3n) is 3.53. The van der Waals surface area contributed by atoms with Crippen molar-refractivity contribution in [3.05, 3.63) is 29.3 Å². The van der Waals surface area contributed by atoms with Crippen LogP contribution >= 0.6 is 0 Å². The minimum atomic E-state index is -2.74. The highest BCUT2D eigenvalue weighted by Gasteiger charge is 2.33. The molecule has 2 aliphatic rings. The standard InChI is InChI=1S/C13H17NO3S/c15-18(16)8-10(9-18)7-17-13-2-1-12-6-14-4-3-11(12)5-13/h1-2,5,10,14H,3-4,6-9H2. The van der Waals surface area contributed by atoms with Gasteiger partial charge in [0, 0.05) is 12.5 Å². The highest BCUT2D eigenvalue weighted by Crippen LogP contribution is 2.23. The lowest BCUT2D eigenvalue weighted by Gasteiger charge is -2.26. The van der Waals surface area contributed by atoms with Crippen LogP contribution in [-0.2, 0) is 22.8 Å². The van der Waals surface area contributed by atoms with Gasteiger partial charge in [-0.2, -0.15) is 0 Å². The summed E-state index contributed by atoms with van der Waals surface area (Å²) >= 11 is 0. The molecule has 0 unspecified atom stereocenters. The van der Waals surface area contributed by atoms with E-state index in [1.807, 2.05) is 6.07 Å². The van der Waals surface area contributed by atoms with E-state index in [9.17, 15) is 8.42 Å². The van der Waals surface area contributed by atoms with Gasteiger partial charge < -0.3 is 10.1 Å². The third kappa shape index (κ3) is 2.52. The van der Waals surface area contributed by atoms with E-state index in [2.05, 4.69) is 17.4 Å². The first-order valence-corrected chi connectivity index (χ1v) is 8.10. The topological polar surface area (TPSA) is 55.4 Å². The lowest BCUT2D eigenvalue weighted by molar-refractivity contribution is 0.263. The fraction of sp³-hybridized carbons (Fsp3) is 0.538. The monoisotopic (exact) mass is 267 g/mol. The molecule has 0 aromatic heterocycles. The summed E-state index contributed by atoms with van der Waals surface area (Å²) in [4.78, 5) is 0. The van der Waals surface area contributed by atoms with Gasteiger partial charge in [-0.05, 0) is 36.2 Å². The van der Waals surface area contributed by atoms with Crippen molar-refractivity contribution in [2.75, 3.05) is 24.7 Å². The molecule has 1 fully saturated rings. The lowest BCUT2D eigenvalue weighted by atomic mass is 10.0. The quantitative estimate of drug-likeness (QED) is 0.878. The molecular formula is C13H17NO3S. The molecule has 0 aliphatic carbocycles. The first kappa shape index (κ1) is 12.0. The largest absolute Gasteiger partial charge is 0.493 e. The van der Waals surface area contributed by atoms with Gasteiger partial charge in [-0.15, -0.1) is 0 Å². The van der Waals surface area contributed by atoms with Gasteiger partial charge in [-0.25, -0.2) is 8.42 Å². The van der Waals surface area contributed by atoms with Gasteiger partial charge >= 0.3 is 0 Å². The maximum absolute atomic E-state index is 11.0. The van der Waals surface area contributed by atoms with Crippen LogP contribution in [-0.4, -0.2) is 33.1 Å². The molecule has 5 heteroatoms. The summed E-state index contributed by atoms with van der Waals surface area (Å²) in [5.74, 6) is 1.59. The van der Waals surface area contributed by atoms with E-state index in [1.54, 1.807) is 0 Å². The summed E-state index contributed by atoms with van der Waals surface area (Å²) in [6, 6.07) is 6.15. The van der Waals surface area contributed by atoms with Gasteiger partial charge in [0.1, 0.15) is 5.75 Å². The van der Waals surface area contributed by atoms with Gasteiger partial charge in [0.15, 0.2) is 9.84 Å². The Morgan fingerprint density at radius 2 is 2.11 bits per heavy atom. The third-order valence-corrected chi connectivity index (χ3v) is 5.49. The second-order valence-electron chi connectivity index (χ2n) is 5.11. The zero-order valence-electron chi connectivity index (χ0n) is 10.2. The summed E-state index contributed by atoms with van der Waals surface area (Å²) in [6.45, 7) is 2.45. The Labute approximate surface area is 107 Å². The van der Waals surface area contributed by atoms with Crippen LogP contribution < -0.4 is 10.1 Å². The van der Waals surface area contributed by atoms with E-state index in [0.29, 0.717) is 6.61 Å². The molecule has 0 bridgehead atoms. The molecule has 1 N–H and O–H groups in total. The van der Waals surface area contributed by atoms with Crippen molar-refractivity contribution in [2.24, 2.45) is 5.92 Å². The van der Waals surface area contributed by atoms with Crippen molar-refractivity contribution in [1.82, 2.24) is 5.32 Å². The Morgan fingerprint density at radius 3 is 2.89 bits per heavy atom. The molecule has 0 atom stereocenters. The molecule has 98 valence electrons. The predicted octanol–water partition coefficient (Wildman–Crippen LogP) is 0.756. The average molecular weight is 267 g/mol. The molecule has 0 amide bonds. The Balaban J connectivity index is 1.60. The van der Waals surface area contributed by atoms with E-state index in [0.717, 1.165) is 25.3 Å². The van der Waals surface area contributed by atoms with Gasteiger partial charge in [0.05, 0.1) is 18.1 Å². The molecule has 3 rings (SSSR count). The highest BCUT2D eigenvalue weighted by molar-refractivity contribution is 7.92. The SMILES string of the molecule is O=S1(=O)CC(COc2ccc3c(c2)CCNC3)C1. The fourth-order valence-electron chi connectivity index (χ4n) is 2.52. The van der Waals surface area contributed by atoms with Crippen molar-refractivity contribution in [3.63, 3.8) is 0 Å². The van der Waals surface area contributed by atoms with Crippen molar-refractivity contribution in [2.45, 2.75) is 13.0 Å². The highest BCUT2D eigenvalue weighted by atomic mass is 32.2. The second kappa shape index (κ2) is 4.55. The van der Waals surface area contributed by atoms with Crippen LogP contribution in [0.2, 0.25) is 0 Å². The van der Waals surface area contributed by atoms with E-state index in [4.69, 9.17) is 4.74 Å². The summed E-state index contributed by atoms with van der Waals surface area (Å²) in [6.07, 6.45) is 1.03. The number of fused-ring (bicyclic) bond motifs is 1. The van der Waals surface area contributed by atoms with Gasteiger partial charge in [-0.1, -0.05) is 6.07 Å². The van der Waals surface area contributed by atoms with E-state index in [1.165, 1.54) is 11.1 Å². The Hall–Kier alpha value is -1.07. The van der Waals surface area contributed by atoms with Crippen molar-refractivity contribution >= 4 is 9.84 Å². The van der Waals surface area contributed by atoms with Gasteiger partial charge in [0.25, 0.3) is 0 Å². The first-order chi connectivity index (χ1) is 8.62. The molecule has 0 spiro atoms. The van der Waals surface area contributed by atoms with Crippen LogP contribution in [0.5, 0.6) is 5.75 Å². The Bertz CT molecular complexity index is 541. The summed E-state index contributed by atoms with van der Waals surface area (Å²) in [5, 5.41) is 3.33.